The van der Waals surface area contributed by atoms with Gasteiger partial charge >= 0.3 is 11.9 Å². The summed E-state index contributed by atoms with van der Waals surface area (Å²) in [4.78, 5) is 27.1. The molecule has 0 bridgehead atoms. The smallest absolute Gasteiger partial charge is 0.341 e. The molecular formula is C51H44O10. The molecule has 7 rings (SSSR count). The molecule has 0 fully saturated rings. The lowest BCUT2D eigenvalue weighted by atomic mass is 10.1. The molecule has 0 aliphatic carbocycles. The largest absolute Gasteiger partial charge is 0.485 e. The van der Waals surface area contributed by atoms with Crippen molar-refractivity contribution in [1.29, 1.82) is 0 Å². The Balaban J connectivity index is 1.43. The highest BCUT2D eigenvalue weighted by Gasteiger charge is 2.31. The maximum Gasteiger partial charge on any atom is 0.341 e. The van der Waals surface area contributed by atoms with Crippen LogP contribution in [0.3, 0.4) is 0 Å². The van der Waals surface area contributed by atoms with Crippen molar-refractivity contribution in [3.05, 3.63) is 209 Å². The number of benzene rings is 7. The fourth-order valence-electron chi connectivity index (χ4n) is 6.23. The summed E-state index contributed by atoms with van der Waals surface area (Å²) >= 11 is 0. The Morgan fingerprint density at radius 1 is 0.361 bits per heavy atom. The lowest BCUT2D eigenvalue weighted by Crippen LogP contribution is -2.11. The number of carbonyl (C=O) groups excluding carboxylic acids is 2. The van der Waals surface area contributed by atoms with Gasteiger partial charge in [0.05, 0.1) is 19.8 Å². The SMILES string of the molecule is COC(=O)c1cc(OCc2ccccc2)c(Oc2c(C(=O)OC)cc(OCc3ccccc3)c(OCc3ccccc3)c2OCc2ccccc2)c(OCc2ccccc2)c1. The molecule has 308 valence electrons. The van der Waals surface area contributed by atoms with Crippen LogP contribution in [0, 0.1) is 0 Å². The molecular weight excluding hydrogens is 773 g/mol. The molecule has 0 saturated carbocycles. The maximum absolute atomic E-state index is 14.0. The van der Waals surface area contributed by atoms with Gasteiger partial charge in [-0.1, -0.05) is 152 Å². The van der Waals surface area contributed by atoms with Crippen LogP contribution in [0.15, 0.2) is 170 Å². The molecule has 0 heterocycles. The Kier molecular flexibility index (Phi) is 14.1. The van der Waals surface area contributed by atoms with Gasteiger partial charge in [0.25, 0.3) is 0 Å². The first-order chi connectivity index (χ1) is 30.0. The van der Waals surface area contributed by atoms with E-state index in [1.165, 1.54) is 32.4 Å². The molecule has 0 aliphatic heterocycles. The van der Waals surface area contributed by atoms with E-state index in [1.54, 1.807) is 0 Å². The number of esters is 2. The van der Waals surface area contributed by atoms with Gasteiger partial charge in [-0.25, -0.2) is 9.59 Å². The highest BCUT2D eigenvalue weighted by molar-refractivity contribution is 5.96. The summed E-state index contributed by atoms with van der Waals surface area (Å²) in [7, 11) is 2.56. The molecule has 7 aromatic carbocycles. The number of rotatable bonds is 19. The lowest BCUT2D eigenvalue weighted by molar-refractivity contribution is 0.0589. The van der Waals surface area contributed by atoms with Crippen LogP contribution in [-0.2, 0) is 42.5 Å². The topological polar surface area (TPSA) is 108 Å². The van der Waals surface area contributed by atoms with E-state index in [-0.39, 0.29) is 84.4 Å². The van der Waals surface area contributed by atoms with Gasteiger partial charge in [0, 0.05) is 6.07 Å². The second kappa shape index (κ2) is 20.8. The maximum atomic E-state index is 14.0. The molecule has 0 radical (unpaired) electrons. The summed E-state index contributed by atoms with van der Waals surface area (Å²) in [6.07, 6.45) is 0. The highest BCUT2D eigenvalue weighted by Crippen LogP contribution is 2.52. The molecule has 0 atom stereocenters. The third-order valence-corrected chi connectivity index (χ3v) is 9.37. The first kappa shape index (κ1) is 41.4. The van der Waals surface area contributed by atoms with Crippen molar-refractivity contribution in [2.24, 2.45) is 0 Å². The minimum absolute atomic E-state index is 0.0410. The Hall–Kier alpha value is -7.72. The number of hydrogen-bond donors (Lipinski definition) is 0. The quantitative estimate of drug-likeness (QED) is 0.0732. The predicted octanol–water partition coefficient (Wildman–Crippen LogP) is 10.9. The van der Waals surface area contributed by atoms with E-state index >= 15 is 0 Å². The third-order valence-electron chi connectivity index (χ3n) is 9.37. The van der Waals surface area contributed by atoms with Crippen LogP contribution in [0.5, 0.6) is 40.2 Å². The van der Waals surface area contributed by atoms with Gasteiger partial charge in [-0.05, 0) is 39.9 Å². The molecule has 0 aliphatic rings. The van der Waals surface area contributed by atoms with Crippen molar-refractivity contribution in [2.45, 2.75) is 33.0 Å². The predicted molar refractivity (Wildman–Crippen MR) is 230 cm³/mol. The van der Waals surface area contributed by atoms with E-state index < -0.39 is 11.9 Å². The zero-order chi connectivity index (χ0) is 42.2. The van der Waals surface area contributed by atoms with E-state index in [0.717, 1.165) is 27.8 Å². The average Bonchev–Trinajstić information content (AvgIpc) is 3.32. The van der Waals surface area contributed by atoms with Gasteiger partial charge in [0.15, 0.2) is 23.0 Å². The minimum Gasteiger partial charge on any atom is -0.485 e. The van der Waals surface area contributed by atoms with Crippen molar-refractivity contribution >= 4 is 11.9 Å². The molecule has 0 aromatic heterocycles. The van der Waals surface area contributed by atoms with E-state index in [9.17, 15) is 9.59 Å². The third kappa shape index (κ3) is 11.1. The summed E-state index contributed by atoms with van der Waals surface area (Å²) in [5.41, 5.74) is 4.39. The fraction of sp³-hybridized carbons (Fsp3) is 0.137. The molecule has 10 heteroatoms. The highest BCUT2D eigenvalue weighted by atomic mass is 16.6. The van der Waals surface area contributed by atoms with Gasteiger partial charge in [-0.15, -0.1) is 0 Å². The van der Waals surface area contributed by atoms with Crippen LogP contribution in [0.4, 0.5) is 0 Å². The normalized spacial score (nSPS) is 10.6. The Bertz CT molecular complexity index is 2430. The second-order valence-corrected chi connectivity index (χ2v) is 13.7. The number of carbonyl (C=O) groups is 2. The van der Waals surface area contributed by atoms with Crippen LogP contribution >= 0.6 is 0 Å². The Morgan fingerprint density at radius 2 is 0.689 bits per heavy atom. The van der Waals surface area contributed by atoms with Crippen LogP contribution in [0.25, 0.3) is 0 Å². The summed E-state index contributed by atoms with van der Waals surface area (Å²) in [6, 6.07) is 52.3. The van der Waals surface area contributed by atoms with Crippen LogP contribution in [0.1, 0.15) is 48.5 Å². The standard InChI is InChI=1S/C51H44O10/c1-54-50(52)41-28-43(56-31-36-18-8-3-9-19-36)47(44(29-41)57-32-37-20-10-4-11-21-37)61-46-42(51(53)55-2)30-45(58-33-38-22-12-5-13-23-38)48(59-34-39-24-14-6-15-25-39)49(46)60-35-40-26-16-7-17-27-40/h3-30H,31-35H2,1-2H3. The van der Waals surface area contributed by atoms with Gasteiger partial charge in [0.2, 0.25) is 17.2 Å². The molecule has 0 N–H and O–H groups in total. The summed E-state index contributed by atoms with van der Waals surface area (Å²) in [6.45, 7) is 0.507. The summed E-state index contributed by atoms with van der Waals surface area (Å²) in [5, 5.41) is 0. The van der Waals surface area contributed by atoms with Gasteiger partial charge in [0.1, 0.15) is 38.6 Å². The average molecular weight is 817 g/mol. The van der Waals surface area contributed by atoms with Crippen LogP contribution in [-0.4, -0.2) is 26.2 Å². The zero-order valence-electron chi connectivity index (χ0n) is 33.8. The van der Waals surface area contributed by atoms with Crippen molar-refractivity contribution in [3.8, 4) is 40.2 Å². The van der Waals surface area contributed by atoms with Gasteiger partial charge in [-0.2, -0.15) is 0 Å². The van der Waals surface area contributed by atoms with Crippen molar-refractivity contribution in [3.63, 3.8) is 0 Å². The number of ether oxygens (including phenoxy) is 8. The second-order valence-electron chi connectivity index (χ2n) is 13.7. The Morgan fingerprint density at radius 3 is 1.05 bits per heavy atom. The van der Waals surface area contributed by atoms with Gasteiger partial charge in [-0.3, -0.25) is 0 Å². The summed E-state index contributed by atoms with van der Waals surface area (Å²) in [5.74, 6) is -0.736. The van der Waals surface area contributed by atoms with E-state index in [4.69, 9.17) is 37.9 Å². The molecule has 7 aromatic rings. The van der Waals surface area contributed by atoms with E-state index in [0.29, 0.717) is 0 Å². The van der Waals surface area contributed by atoms with Crippen molar-refractivity contribution in [1.82, 2.24) is 0 Å². The molecule has 10 nitrogen and oxygen atoms in total. The van der Waals surface area contributed by atoms with Crippen LogP contribution < -0.4 is 28.4 Å². The number of methoxy groups -OCH3 is 2. The molecule has 0 saturated heterocycles. The lowest BCUT2D eigenvalue weighted by Gasteiger charge is -2.24. The van der Waals surface area contributed by atoms with Crippen LogP contribution in [0.2, 0.25) is 0 Å². The van der Waals surface area contributed by atoms with E-state index in [1.807, 2.05) is 152 Å². The van der Waals surface area contributed by atoms with Crippen molar-refractivity contribution < 1.29 is 47.5 Å². The van der Waals surface area contributed by atoms with E-state index in [2.05, 4.69) is 0 Å². The van der Waals surface area contributed by atoms with Gasteiger partial charge < -0.3 is 37.9 Å². The fourth-order valence-corrected chi connectivity index (χ4v) is 6.23. The molecule has 61 heavy (non-hydrogen) atoms. The zero-order valence-corrected chi connectivity index (χ0v) is 33.8. The van der Waals surface area contributed by atoms with Crippen molar-refractivity contribution in [2.75, 3.05) is 14.2 Å². The summed E-state index contributed by atoms with van der Waals surface area (Å²) < 4.78 is 50.0. The number of hydrogen-bond acceptors (Lipinski definition) is 10. The first-order valence-corrected chi connectivity index (χ1v) is 19.6. The Labute approximate surface area is 354 Å². The molecule has 0 unspecified atom stereocenters. The molecule has 0 amide bonds. The monoisotopic (exact) mass is 816 g/mol. The first-order valence-electron chi connectivity index (χ1n) is 19.6. The minimum atomic E-state index is -0.747. The molecule has 0 spiro atoms.